The molecular formula is C10H10N2OS. The van der Waals surface area contributed by atoms with Crippen molar-refractivity contribution in [2.75, 3.05) is 0 Å². The maximum absolute atomic E-state index is 10.6. The number of nitrogens with zero attached hydrogens (tertiary/aromatic N) is 2. The topological polar surface area (TPSA) is 34.9 Å². The average Bonchev–Trinajstić information content (AvgIpc) is 2.71. The van der Waals surface area contributed by atoms with Crippen LogP contribution in [0, 0.1) is 6.92 Å². The predicted octanol–water partition coefficient (Wildman–Crippen LogP) is 2.27. The van der Waals surface area contributed by atoms with Crippen LogP contribution in [-0.4, -0.2) is 15.8 Å². The number of hydrogen-bond donors (Lipinski definition) is 0. The summed E-state index contributed by atoms with van der Waals surface area (Å²) in [5.74, 6) is 0. The van der Waals surface area contributed by atoms with Crippen molar-refractivity contribution in [3.05, 3.63) is 28.3 Å². The predicted molar refractivity (Wildman–Crippen MR) is 56.6 cm³/mol. The van der Waals surface area contributed by atoms with Gasteiger partial charge in [0.15, 0.2) is 6.29 Å². The number of aryl methyl sites for hydroxylation is 2. The molecule has 0 saturated heterocycles. The lowest BCUT2D eigenvalue weighted by molar-refractivity contribution is 0.112. The van der Waals surface area contributed by atoms with Crippen LogP contribution in [0.2, 0.25) is 0 Å². The summed E-state index contributed by atoms with van der Waals surface area (Å²) in [5.41, 5.74) is 1.98. The van der Waals surface area contributed by atoms with Gasteiger partial charge in [0.05, 0.1) is 16.9 Å². The number of rotatable bonds is 2. The third kappa shape index (κ3) is 1.48. The monoisotopic (exact) mass is 206 g/mol. The minimum Gasteiger partial charge on any atom is -0.340 e. The van der Waals surface area contributed by atoms with E-state index in [1.54, 1.807) is 6.33 Å². The van der Waals surface area contributed by atoms with Crippen molar-refractivity contribution in [3.8, 4) is 11.3 Å². The van der Waals surface area contributed by atoms with Gasteiger partial charge in [0.1, 0.15) is 0 Å². The molecule has 0 radical (unpaired) electrons. The molecule has 3 nitrogen and oxygen atoms in total. The lowest BCUT2D eigenvalue weighted by atomic mass is 10.2. The lowest BCUT2D eigenvalue weighted by Gasteiger charge is -1.91. The first-order chi connectivity index (χ1) is 6.70. The van der Waals surface area contributed by atoms with Gasteiger partial charge in [0, 0.05) is 23.7 Å². The van der Waals surface area contributed by atoms with E-state index < -0.39 is 0 Å². The van der Waals surface area contributed by atoms with Gasteiger partial charge in [-0.25, -0.2) is 4.98 Å². The van der Waals surface area contributed by atoms with E-state index in [1.165, 1.54) is 11.3 Å². The molecule has 0 fully saturated rings. The Kier molecular flexibility index (Phi) is 2.21. The zero-order valence-electron chi connectivity index (χ0n) is 8.02. The Labute approximate surface area is 86.0 Å². The molecule has 0 aromatic carbocycles. The number of hydrogen-bond acceptors (Lipinski definition) is 3. The van der Waals surface area contributed by atoms with Crippen LogP contribution in [0.5, 0.6) is 0 Å². The third-order valence-electron chi connectivity index (χ3n) is 2.03. The van der Waals surface area contributed by atoms with Gasteiger partial charge in [-0.05, 0) is 13.0 Å². The van der Waals surface area contributed by atoms with Crippen LogP contribution in [0.25, 0.3) is 11.3 Å². The Balaban J connectivity index is 2.50. The summed E-state index contributed by atoms with van der Waals surface area (Å²) in [6.07, 6.45) is 4.58. The van der Waals surface area contributed by atoms with E-state index in [9.17, 15) is 4.79 Å². The van der Waals surface area contributed by atoms with E-state index in [0.29, 0.717) is 0 Å². The first-order valence-corrected chi connectivity index (χ1v) is 5.06. The van der Waals surface area contributed by atoms with Gasteiger partial charge >= 0.3 is 0 Å². The van der Waals surface area contributed by atoms with Crippen LogP contribution >= 0.6 is 11.3 Å². The molecule has 0 atom stereocenters. The second kappa shape index (κ2) is 3.38. The minimum absolute atomic E-state index is 0.753. The van der Waals surface area contributed by atoms with Crippen LogP contribution in [0.3, 0.4) is 0 Å². The molecule has 2 aromatic rings. The van der Waals surface area contributed by atoms with E-state index in [2.05, 4.69) is 4.98 Å². The van der Waals surface area contributed by atoms with Crippen molar-refractivity contribution >= 4 is 17.6 Å². The molecule has 0 spiro atoms. The summed E-state index contributed by atoms with van der Waals surface area (Å²) in [6, 6.07) is 1.88. The van der Waals surface area contributed by atoms with Gasteiger partial charge in [-0.2, -0.15) is 0 Å². The van der Waals surface area contributed by atoms with Crippen molar-refractivity contribution in [2.45, 2.75) is 6.92 Å². The Morgan fingerprint density at radius 3 is 2.86 bits per heavy atom. The fraction of sp³-hybridized carbons (Fsp3) is 0.200. The van der Waals surface area contributed by atoms with Gasteiger partial charge in [-0.1, -0.05) is 0 Å². The molecule has 0 aliphatic carbocycles. The highest BCUT2D eigenvalue weighted by Crippen LogP contribution is 2.28. The summed E-state index contributed by atoms with van der Waals surface area (Å²) < 4.78 is 1.90. The fourth-order valence-electron chi connectivity index (χ4n) is 1.37. The molecule has 2 heterocycles. The Morgan fingerprint density at radius 2 is 2.36 bits per heavy atom. The largest absolute Gasteiger partial charge is 0.340 e. The molecule has 0 saturated carbocycles. The van der Waals surface area contributed by atoms with E-state index in [-0.39, 0.29) is 0 Å². The SMILES string of the molecule is Cc1sc(C=O)cc1-c1cn(C)cn1. The van der Waals surface area contributed by atoms with Crippen molar-refractivity contribution in [1.82, 2.24) is 9.55 Å². The molecule has 0 amide bonds. The quantitative estimate of drug-likeness (QED) is 0.706. The van der Waals surface area contributed by atoms with E-state index >= 15 is 0 Å². The molecule has 4 heteroatoms. The van der Waals surface area contributed by atoms with Gasteiger partial charge < -0.3 is 4.57 Å². The first-order valence-electron chi connectivity index (χ1n) is 4.24. The number of aldehydes is 1. The van der Waals surface area contributed by atoms with Gasteiger partial charge in [0.25, 0.3) is 0 Å². The molecule has 0 N–H and O–H groups in total. The maximum atomic E-state index is 10.6. The Hall–Kier alpha value is -1.42. The standard InChI is InChI=1S/C10H10N2OS/c1-7-9(3-8(5-13)14-7)10-4-12(2)6-11-10/h3-6H,1-2H3. The van der Waals surface area contributed by atoms with Crippen LogP contribution in [0.4, 0.5) is 0 Å². The highest BCUT2D eigenvalue weighted by Gasteiger charge is 2.08. The summed E-state index contributed by atoms with van der Waals surface area (Å²) in [5, 5.41) is 0. The average molecular weight is 206 g/mol. The number of imidazole rings is 1. The smallest absolute Gasteiger partial charge is 0.160 e. The van der Waals surface area contributed by atoms with Crippen LogP contribution in [0.1, 0.15) is 14.5 Å². The van der Waals surface area contributed by atoms with Crippen LogP contribution in [0.15, 0.2) is 18.6 Å². The maximum Gasteiger partial charge on any atom is 0.160 e. The first kappa shape index (κ1) is 9.15. The molecule has 0 aliphatic heterocycles. The zero-order valence-corrected chi connectivity index (χ0v) is 8.84. The minimum atomic E-state index is 0.753. The molecule has 0 bridgehead atoms. The van der Waals surface area contributed by atoms with Crippen molar-refractivity contribution in [3.63, 3.8) is 0 Å². The number of carbonyl (C=O) groups excluding carboxylic acids is 1. The third-order valence-corrected chi connectivity index (χ3v) is 3.01. The Bertz CT molecular complexity index is 470. The molecule has 72 valence electrons. The van der Waals surface area contributed by atoms with Gasteiger partial charge in [-0.15, -0.1) is 11.3 Å². The normalized spacial score (nSPS) is 10.4. The Morgan fingerprint density at radius 1 is 1.57 bits per heavy atom. The van der Waals surface area contributed by atoms with E-state index in [0.717, 1.165) is 27.3 Å². The number of thiophene rings is 1. The van der Waals surface area contributed by atoms with Crippen LogP contribution < -0.4 is 0 Å². The molecule has 0 unspecified atom stereocenters. The van der Waals surface area contributed by atoms with Crippen LogP contribution in [-0.2, 0) is 7.05 Å². The molecule has 2 aromatic heterocycles. The highest BCUT2D eigenvalue weighted by atomic mass is 32.1. The van der Waals surface area contributed by atoms with Crippen molar-refractivity contribution in [1.29, 1.82) is 0 Å². The van der Waals surface area contributed by atoms with E-state index in [1.807, 2.05) is 30.8 Å². The zero-order chi connectivity index (χ0) is 10.1. The molecule has 2 rings (SSSR count). The fourth-order valence-corrected chi connectivity index (χ4v) is 2.22. The second-order valence-electron chi connectivity index (χ2n) is 3.16. The van der Waals surface area contributed by atoms with Gasteiger partial charge in [0.2, 0.25) is 0 Å². The van der Waals surface area contributed by atoms with E-state index in [4.69, 9.17) is 0 Å². The summed E-state index contributed by atoms with van der Waals surface area (Å²) in [4.78, 5) is 16.7. The second-order valence-corrected chi connectivity index (χ2v) is 4.45. The number of aromatic nitrogens is 2. The summed E-state index contributed by atoms with van der Waals surface area (Å²) in [7, 11) is 1.93. The summed E-state index contributed by atoms with van der Waals surface area (Å²) in [6.45, 7) is 2.00. The highest BCUT2D eigenvalue weighted by molar-refractivity contribution is 7.14. The molecule has 14 heavy (non-hydrogen) atoms. The molecular weight excluding hydrogens is 196 g/mol. The number of carbonyl (C=O) groups is 1. The molecule has 0 aliphatic rings. The summed E-state index contributed by atoms with van der Waals surface area (Å²) >= 11 is 1.50. The lowest BCUT2D eigenvalue weighted by Crippen LogP contribution is -1.78. The van der Waals surface area contributed by atoms with Crippen molar-refractivity contribution in [2.24, 2.45) is 7.05 Å². The van der Waals surface area contributed by atoms with Crippen molar-refractivity contribution < 1.29 is 4.79 Å². The van der Waals surface area contributed by atoms with Gasteiger partial charge in [-0.3, -0.25) is 4.79 Å².